The minimum atomic E-state index is -1.69. The van der Waals surface area contributed by atoms with Crippen LogP contribution in [0, 0.1) is 15.9 Å². The molecule has 0 aromatic heterocycles. The fourth-order valence-electron chi connectivity index (χ4n) is 1.49. The van der Waals surface area contributed by atoms with Gasteiger partial charge in [0.15, 0.2) is 5.82 Å². The number of hydrogen-bond acceptors (Lipinski definition) is 6. The number of nitrogens with zero attached hydrogens (tertiary/aromatic N) is 1. The molecule has 1 aromatic rings. The van der Waals surface area contributed by atoms with Crippen LogP contribution < -0.4 is 11.5 Å². The van der Waals surface area contributed by atoms with Gasteiger partial charge in [0.05, 0.1) is 17.4 Å². The van der Waals surface area contributed by atoms with Gasteiger partial charge < -0.3 is 21.7 Å². The van der Waals surface area contributed by atoms with Gasteiger partial charge in [0, 0.05) is 6.07 Å². The molecule has 1 amide bonds. The van der Waals surface area contributed by atoms with Crippen LogP contribution in [0.4, 0.5) is 15.8 Å². The van der Waals surface area contributed by atoms with E-state index in [1.807, 2.05) is 0 Å². The molecule has 9 heteroatoms. The summed E-state index contributed by atoms with van der Waals surface area (Å²) in [6.07, 6.45) is -3.86. The smallest absolute Gasteiger partial charge is 0.295 e. The van der Waals surface area contributed by atoms with Gasteiger partial charge in [-0.3, -0.25) is 14.9 Å². The van der Waals surface area contributed by atoms with Crippen LogP contribution in [-0.4, -0.2) is 27.1 Å². The summed E-state index contributed by atoms with van der Waals surface area (Å²) < 4.78 is 13.4. The van der Waals surface area contributed by atoms with Crippen molar-refractivity contribution in [3.63, 3.8) is 0 Å². The number of aliphatic hydroxyl groups is 2. The van der Waals surface area contributed by atoms with Gasteiger partial charge >= 0.3 is 0 Å². The monoisotopic (exact) mass is 273 g/mol. The highest BCUT2D eigenvalue weighted by Gasteiger charge is 2.25. The zero-order valence-corrected chi connectivity index (χ0v) is 9.62. The normalized spacial score (nSPS) is 13.8. The maximum absolute atomic E-state index is 13.4. The molecule has 0 fully saturated rings. The lowest BCUT2D eigenvalue weighted by atomic mass is 10.0. The standard InChI is InChI=1S/C10H12FN3O5/c11-5-1-4(2-6(9(5)13)14(18)19)10(17)7(15)3-8(12)16/h1-2,7,10,15,17H,3,13H2,(H2,12,16). The number of nitro groups is 1. The number of amides is 1. The van der Waals surface area contributed by atoms with E-state index in [2.05, 4.69) is 0 Å². The molecule has 0 saturated carbocycles. The molecule has 6 N–H and O–H groups in total. The Morgan fingerprint density at radius 3 is 2.53 bits per heavy atom. The Hall–Kier alpha value is -2.26. The Morgan fingerprint density at radius 2 is 2.05 bits per heavy atom. The van der Waals surface area contributed by atoms with Gasteiger partial charge in [-0.25, -0.2) is 4.39 Å². The Morgan fingerprint density at radius 1 is 1.47 bits per heavy atom. The number of aliphatic hydroxyl groups excluding tert-OH is 2. The number of benzene rings is 1. The van der Waals surface area contributed by atoms with E-state index in [-0.39, 0.29) is 5.56 Å². The van der Waals surface area contributed by atoms with E-state index in [0.717, 1.165) is 12.1 Å². The average molecular weight is 273 g/mol. The summed E-state index contributed by atoms with van der Waals surface area (Å²) in [4.78, 5) is 20.3. The maximum atomic E-state index is 13.4. The number of nitro benzene ring substituents is 1. The molecule has 104 valence electrons. The first-order chi connectivity index (χ1) is 8.73. The highest BCUT2D eigenvalue weighted by molar-refractivity contribution is 5.74. The van der Waals surface area contributed by atoms with Crippen molar-refractivity contribution in [1.82, 2.24) is 0 Å². The van der Waals surface area contributed by atoms with Crippen LogP contribution in [0.5, 0.6) is 0 Å². The number of halogens is 1. The first kappa shape index (κ1) is 14.8. The van der Waals surface area contributed by atoms with Crippen LogP contribution in [0.25, 0.3) is 0 Å². The zero-order chi connectivity index (χ0) is 14.7. The minimum Gasteiger partial charge on any atom is -0.391 e. The van der Waals surface area contributed by atoms with E-state index >= 15 is 0 Å². The number of anilines is 1. The minimum absolute atomic E-state index is 0.271. The summed E-state index contributed by atoms with van der Waals surface area (Å²) in [5, 5.41) is 29.8. The lowest BCUT2D eigenvalue weighted by molar-refractivity contribution is -0.384. The third kappa shape index (κ3) is 3.36. The topological polar surface area (TPSA) is 153 Å². The SMILES string of the molecule is NC(=O)CC(O)C(O)c1cc(F)c(N)c([N+](=O)[O-])c1. The van der Waals surface area contributed by atoms with E-state index in [1.54, 1.807) is 0 Å². The average Bonchev–Trinajstić information content (AvgIpc) is 2.30. The van der Waals surface area contributed by atoms with Gasteiger partial charge in [0.1, 0.15) is 11.8 Å². The molecule has 2 atom stereocenters. The fourth-order valence-corrected chi connectivity index (χ4v) is 1.49. The van der Waals surface area contributed by atoms with Gasteiger partial charge in [-0.2, -0.15) is 0 Å². The van der Waals surface area contributed by atoms with Crippen molar-refractivity contribution in [2.24, 2.45) is 5.73 Å². The Kier molecular flexibility index (Phi) is 4.35. The molecule has 19 heavy (non-hydrogen) atoms. The molecule has 0 spiro atoms. The summed E-state index contributed by atoms with van der Waals surface area (Å²) in [6, 6.07) is 1.57. The Labute approximate surface area is 106 Å². The molecule has 0 bridgehead atoms. The third-order valence-electron chi connectivity index (χ3n) is 2.44. The van der Waals surface area contributed by atoms with Gasteiger partial charge in [-0.05, 0) is 11.6 Å². The van der Waals surface area contributed by atoms with Crippen molar-refractivity contribution >= 4 is 17.3 Å². The number of carbonyl (C=O) groups excluding carboxylic acids is 1. The number of nitrogens with two attached hydrogens (primary N) is 2. The van der Waals surface area contributed by atoms with Crippen LogP contribution in [0.1, 0.15) is 18.1 Å². The number of carbonyl (C=O) groups is 1. The van der Waals surface area contributed by atoms with E-state index in [4.69, 9.17) is 11.5 Å². The van der Waals surface area contributed by atoms with Crippen molar-refractivity contribution in [2.45, 2.75) is 18.6 Å². The van der Waals surface area contributed by atoms with Crippen molar-refractivity contribution in [3.8, 4) is 0 Å². The zero-order valence-electron chi connectivity index (χ0n) is 9.62. The molecule has 8 nitrogen and oxygen atoms in total. The van der Waals surface area contributed by atoms with Crippen LogP contribution >= 0.6 is 0 Å². The van der Waals surface area contributed by atoms with Crippen molar-refractivity contribution in [1.29, 1.82) is 0 Å². The number of primary amides is 1. The Balaban J connectivity index is 3.14. The lowest BCUT2D eigenvalue weighted by Gasteiger charge is -2.17. The van der Waals surface area contributed by atoms with E-state index in [9.17, 15) is 29.5 Å². The quantitative estimate of drug-likeness (QED) is 0.325. The van der Waals surface area contributed by atoms with Crippen LogP contribution in [0.2, 0.25) is 0 Å². The van der Waals surface area contributed by atoms with E-state index < -0.39 is 46.7 Å². The fraction of sp³-hybridized carbons (Fsp3) is 0.300. The molecular formula is C10H12FN3O5. The molecule has 0 aliphatic rings. The lowest BCUT2D eigenvalue weighted by Crippen LogP contribution is -2.25. The molecule has 0 radical (unpaired) electrons. The van der Waals surface area contributed by atoms with E-state index in [1.165, 1.54) is 0 Å². The molecule has 0 heterocycles. The first-order valence-electron chi connectivity index (χ1n) is 5.11. The van der Waals surface area contributed by atoms with E-state index in [0.29, 0.717) is 0 Å². The third-order valence-corrected chi connectivity index (χ3v) is 2.44. The van der Waals surface area contributed by atoms with Crippen LogP contribution in [-0.2, 0) is 4.79 Å². The van der Waals surface area contributed by atoms with Crippen LogP contribution in [0.3, 0.4) is 0 Å². The molecular weight excluding hydrogens is 261 g/mol. The molecule has 0 aliphatic heterocycles. The molecule has 1 aromatic carbocycles. The van der Waals surface area contributed by atoms with Crippen molar-refractivity contribution < 1.29 is 24.3 Å². The number of rotatable bonds is 5. The summed E-state index contributed by atoms with van der Waals surface area (Å²) in [7, 11) is 0. The highest BCUT2D eigenvalue weighted by atomic mass is 19.1. The molecule has 2 unspecified atom stereocenters. The largest absolute Gasteiger partial charge is 0.391 e. The first-order valence-corrected chi connectivity index (χ1v) is 5.11. The van der Waals surface area contributed by atoms with Crippen molar-refractivity contribution in [3.05, 3.63) is 33.6 Å². The summed E-state index contributed by atoms with van der Waals surface area (Å²) in [5.74, 6) is -1.98. The molecule has 0 aliphatic carbocycles. The maximum Gasteiger partial charge on any atom is 0.295 e. The Bertz CT molecular complexity index is 522. The summed E-state index contributed by atoms with van der Waals surface area (Å²) in [6.45, 7) is 0. The second kappa shape index (κ2) is 5.59. The summed E-state index contributed by atoms with van der Waals surface area (Å²) >= 11 is 0. The second-order valence-electron chi connectivity index (χ2n) is 3.88. The molecule has 1 rings (SSSR count). The summed E-state index contributed by atoms with van der Waals surface area (Å²) in [5.41, 5.74) is 8.32. The van der Waals surface area contributed by atoms with Crippen molar-refractivity contribution in [2.75, 3.05) is 5.73 Å². The second-order valence-corrected chi connectivity index (χ2v) is 3.88. The predicted octanol–water partition coefficient (Wildman–Crippen LogP) is -0.414. The number of nitrogen functional groups attached to an aromatic ring is 1. The predicted molar refractivity (Wildman–Crippen MR) is 62.2 cm³/mol. The number of hydrogen-bond donors (Lipinski definition) is 4. The molecule has 0 saturated heterocycles. The van der Waals surface area contributed by atoms with Crippen LogP contribution in [0.15, 0.2) is 12.1 Å². The van der Waals surface area contributed by atoms with Gasteiger partial charge in [-0.15, -0.1) is 0 Å². The van der Waals surface area contributed by atoms with Gasteiger partial charge in [-0.1, -0.05) is 0 Å². The van der Waals surface area contributed by atoms with Gasteiger partial charge in [0.2, 0.25) is 5.91 Å². The van der Waals surface area contributed by atoms with Gasteiger partial charge in [0.25, 0.3) is 5.69 Å². The highest BCUT2D eigenvalue weighted by Crippen LogP contribution is 2.30.